The van der Waals surface area contributed by atoms with Gasteiger partial charge in [0.2, 0.25) is 5.39 Å². The van der Waals surface area contributed by atoms with Crippen LogP contribution in [0.3, 0.4) is 0 Å². The van der Waals surface area contributed by atoms with Crippen molar-refractivity contribution in [2.45, 2.75) is 6.18 Å². The number of rotatable bonds is 1. The van der Waals surface area contributed by atoms with Crippen molar-refractivity contribution in [2.75, 3.05) is 0 Å². The van der Waals surface area contributed by atoms with Crippen LogP contribution in [0.5, 0.6) is 0 Å². The molecule has 0 saturated carbocycles. The quantitative estimate of drug-likeness (QED) is 0.733. The molecule has 0 aromatic carbocycles. The van der Waals surface area contributed by atoms with Crippen LogP contribution in [0.1, 0.15) is 0 Å². The summed E-state index contributed by atoms with van der Waals surface area (Å²) in [6.45, 7) is 0. The van der Waals surface area contributed by atoms with Crippen LogP contribution in [-0.2, 0) is 4.79 Å². The van der Waals surface area contributed by atoms with Crippen LogP contribution in [0.4, 0.5) is 18.9 Å². The smallest absolute Gasteiger partial charge is 0.328 e. The molecule has 0 spiro atoms. The lowest BCUT2D eigenvalue weighted by molar-refractivity contribution is -0.199. The van der Waals surface area contributed by atoms with Crippen LogP contribution < -0.4 is 4.84 Å². The zero-order valence-electron chi connectivity index (χ0n) is 8.55. The Kier molecular flexibility index (Phi) is 2.63. The van der Waals surface area contributed by atoms with Gasteiger partial charge in [-0.15, -0.1) is 0 Å². The number of alkyl halides is 3. The second kappa shape index (κ2) is 3.99. The Morgan fingerprint density at radius 1 is 1.50 bits per heavy atom. The molecule has 2 aromatic rings. The number of carbonyl (C=O) groups excluding carboxylic acids is 1. The minimum atomic E-state index is -5.11. The van der Waals surface area contributed by atoms with Crippen molar-refractivity contribution in [3.8, 4) is 0 Å². The molecule has 0 unspecified atom stereocenters. The van der Waals surface area contributed by atoms with E-state index in [1.54, 1.807) is 0 Å². The molecule has 9 heteroatoms. The molecule has 0 aliphatic rings. The van der Waals surface area contributed by atoms with Gasteiger partial charge in [-0.1, -0.05) is 0 Å². The Morgan fingerprint density at radius 2 is 2.22 bits per heavy atom. The lowest BCUT2D eigenvalue weighted by Gasteiger charge is -2.06. The average Bonchev–Trinajstić information content (AvgIpc) is 2.67. The lowest BCUT2D eigenvalue weighted by atomic mass is 10.3. The van der Waals surface area contributed by atoms with Crippen molar-refractivity contribution in [1.29, 1.82) is 5.39 Å². The third kappa shape index (κ3) is 1.95. The molecule has 2 heterocycles. The monoisotopic (exact) mass is 257 g/mol. The van der Waals surface area contributed by atoms with Crippen LogP contribution in [0.2, 0.25) is 0 Å². The molecular formula is C9H4F3N4O2+. The van der Waals surface area contributed by atoms with Gasteiger partial charge in [-0.2, -0.15) is 17.9 Å². The van der Waals surface area contributed by atoms with Crippen molar-refractivity contribution in [3.63, 3.8) is 0 Å². The number of aromatic nitrogens is 2. The van der Waals surface area contributed by atoms with Crippen molar-refractivity contribution in [3.05, 3.63) is 29.6 Å². The highest BCUT2D eigenvalue weighted by molar-refractivity contribution is 5.92. The zero-order valence-corrected chi connectivity index (χ0v) is 8.55. The normalized spacial score (nSPS) is 11.2. The van der Waals surface area contributed by atoms with E-state index in [0.717, 1.165) is 6.20 Å². The molecular weight excluding hydrogens is 253 g/mol. The summed E-state index contributed by atoms with van der Waals surface area (Å²) >= 11 is 0. The highest BCUT2D eigenvalue weighted by atomic mass is 19.4. The van der Waals surface area contributed by atoms with Gasteiger partial charge in [0.15, 0.2) is 4.98 Å². The first-order chi connectivity index (χ1) is 8.43. The standard InChI is InChI=1S/C9H4F3N4O2/c10-9(11,12)8(17)18-16-4-6(15-13)5-3-14-2-1-7(5)16/h1-4H/q+1. The molecule has 0 fully saturated rings. The lowest BCUT2D eigenvalue weighted by Crippen LogP contribution is -2.32. The van der Waals surface area contributed by atoms with E-state index in [4.69, 9.17) is 5.39 Å². The molecule has 18 heavy (non-hydrogen) atoms. The number of pyridine rings is 1. The van der Waals surface area contributed by atoms with E-state index < -0.39 is 12.1 Å². The maximum atomic E-state index is 12.1. The summed E-state index contributed by atoms with van der Waals surface area (Å²) in [4.78, 5) is 21.4. The summed E-state index contributed by atoms with van der Waals surface area (Å²) in [5.74, 6) is -2.37. The third-order valence-corrected chi connectivity index (χ3v) is 2.07. The first-order valence-corrected chi connectivity index (χ1v) is 4.53. The molecule has 0 radical (unpaired) electrons. The predicted octanol–water partition coefficient (Wildman–Crippen LogP) is 2.04. The van der Waals surface area contributed by atoms with Crippen LogP contribution in [0.25, 0.3) is 15.9 Å². The molecule has 0 N–H and O–H groups in total. The number of fused-ring (bicyclic) bond motifs is 1. The molecule has 6 nitrogen and oxygen atoms in total. The summed E-state index contributed by atoms with van der Waals surface area (Å²) in [5, 5.41) is 8.91. The largest absolute Gasteiger partial charge is 0.493 e. The van der Waals surface area contributed by atoms with Crippen molar-refractivity contribution in [2.24, 2.45) is 0 Å². The third-order valence-electron chi connectivity index (χ3n) is 2.07. The first kappa shape index (κ1) is 11.8. The van der Waals surface area contributed by atoms with E-state index in [0.29, 0.717) is 4.73 Å². The second-order valence-electron chi connectivity index (χ2n) is 3.21. The van der Waals surface area contributed by atoms with Crippen molar-refractivity contribution >= 4 is 22.6 Å². The van der Waals surface area contributed by atoms with Gasteiger partial charge in [0.05, 0.1) is 5.52 Å². The van der Waals surface area contributed by atoms with Gasteiger partial charge in [-0.3, -0.25) is 4.98 Å². The average molecular weight is 257 g/mol. The number of hydrogen-bond donors (Lipinski definition) is 0. The first-order valence-electron chi connectivity index (χ1n) is 4.53. The molecule has 0 bridgehead atoms. The molecule has 0 saturated heterocycles. The molecule has 0 aliphatic heterocycles. The van der Waals surface area contributed by atoms with E-state index in [2.05, 4.69) is 14.8 Å². The molecule has 0 amide bonds. The van der Waals surface area contributed by atoms with Gasteiger partial charge in [-0.25, -0.2) is 4.79 Å². The summed E-state index contributed by atoms with van der Waals surface area (Å²) in [5.41, 5.74) is 0.0588. The van der Waals surface area contributed by atoms with Crippen LogP contribution in [0.15, 0.2) is 24.7 Å². The van der Waals surface area contributed by atoms with Gasteiger partial charge >= 0.3 is 17.8 Å². The van der Waals surface area contributed by atoms with Crippen LogP contribution >= 0.6 is 0 Å². The van der Waals surface area contributed by atoms with Gasteiger partial charge in [0.25, 0.3) is 0 Å². The van der Waals surface area contributed by atoms with Crippen molar-refractivity contribution < 1.29 is 22.8 Å². The zero-order chi connectivity index (χ0) is 13.3. The van der Waals surface area contributed by atoms with E-state index >= 15 is 0 Å². The molecule has 2 rings (SSSR count). The highest BCUT2D eigenvalue weighted by Crippen LogP contribution is 2.27. The number of halogens is 3. The van der Waals surface area contributed by atoms with Crippen LogP contribution in [-0.4, -0.2) is 21.9 Å². The van der Waals surface area contributed by atoms with Crippen molar-refractivity contribution in [1.82, 2.24) is 9.71 Å². The fraction of sp³-hybridized carbons (Fsp3) is 0.111. The Hall–Kier alpha value is -2.63. The summed E-state index contributed by atoms with van der Waals surface area (Å²) < 4.78 is 36.7. The fourth-order valence-electron chi connectivity index (χ4n) is 1.32. The van der Waals surface area contributed by atoms with Gasteiger partial charge in [0, 0.05) is 12.4 Å². The van der Waals surface area contributed by atoms with Crippen LogP contribution in [0, 0.1) is 5.39 Å². The minimum Gasteiger partial charge on any atom is -0.328 e. The van der Waals surface area contributed by atoms with Gasteiger partial charge in [0.1, 0.15) is 11.6 Å². The maximum Gasteiger partial charge on any atom is 0.493 e. The van der Waals surface area contributed by atoms with E-state index in [1.807, 2.05) is 0 Å². The second-order valence-corrected chi connectivity index (χ2v) is 3.21. The number of nitrogens with zero attached hydrogens (tertiary/aromatic N) is 4. The van der Waals surface area contributed by atoms with E-state index in [-0.39, 0.29) is 16.6 Å². The molecule has 92 valence electrons. The topological polar surface area (TPSA) is 72.3 Å². The number of diazo groups is 1. The van der Waals surface area contributed by atoms with E-state index in [9.17, 15) is 18.0 Å². The van der Waals surface area contributed by atoms with E-state index in [1.165, 1.54) is 18.5 Å². The number of carbonyl (C=O) groups is 1. The Balaban J connectivity index is 2.47. The van der Waals surface area contributed by atoms with Gasteiger partial charge in [-0.05, 0) is 6.07 Å². The summed E-state index contributed by atoms with van der Waals surface area (Å²) in [6, 6.07) is 1.31. The molecule has 0 aliphatic carbocycles. The number of hydrogen-bond acceptors (Lipinski definition) is 4. The Labute approximate surface area is 97.2 Å². The SMILES string of the molecule is N#[N+]c1cn(OC(=O)C(F)(F)F)c2ccncc12. The highest BCUT2D eigenvalue weighted by Gasteiger charge is 2.42. The summed E-state index contributed by atoms with van der Waals surface area (Å²) in [6.07, 6.45) is -1.61. The van der Waals surface area contributed by atoms with Gasteiger partial charge < -0.3 is 4.84 Å². The Morgan fingerprint density at radius 3 is 2.83 bits per heavy atom. The minimum absolute atomic E-state index is 0.0620. The maximum absolute atomic E-state index is 12.1. The fourth-order valence-corrected chi connectivity index (χ4v) is 1.32. The predicted molar refractivity (Wildman–Crippen MR) is 52.1 cm³/mol. The summed E-state index contributed by atoms with van der Waals surface area (Å²) in [7, 11) is 0. The Bertz CT molecular complexity index is 656. The molecule has 0 atom stereocenters. The molecule has 2 aromatic heterocycles.